The van der Waals surface area contributed by atoms with Crippen LogP contribution < -0.4 is 9.47 Å². The molecule has 0 aliphatic carbocycles. The van der Waals surface area contributed by atoms with Crippen molar-refractivity contribution < 1.29 is 23.9 Å². The first kappa shape index (κ1) is 16.5. The SMILES string of the molecule is CCOC(=O)C(C)=Cc1cc(OC)c(OC)cc1[N+](=O)[O-]. The van der Waals surface area contributed by atoms with E-state index in [0.717, 1.165) is 0 Å². The van der Waals surface area contributed by atoms with Crippen molar-refractivity contribution in [3.63, 3.8) is 0 Å². The van der Waals surface area contributed by atoms with Crippen molar-refractivity contribution in [2.45, 2.75) is 13.8 Å². The van der Waals surface area contributed by atoms with Crippen LogP contribution in [0.5, 0.6) is 11.5 Å². The molecule has 0 unspecified atom stereocenters. The Kier molecular flexibility index (Phi) is 5.71. The Morgan fingerprint density at radius 3 is 2.33 bits per heavy atom. The van der Waals surface area contributed by atoms with E-state index in [2.05, 4.69) is 0 Å². The second-order valence-corrected chi connectivity index (χ2v) is 4.07. The number of methoxy groups -OCH3 is 2. The van der Waals surface area contributed by atoms with Crippen molar-refractivity contribution in [3.05, 3.63) is 33.4 Å². The van der Waals surface area contributed by atoms with Crippen molar-refractivity contribution >= 4 is 17.7 Å². The summed E-state index contributed by atoms with van der Waals surface area (Å²) in [4.78, 5) is 22.2. The zero-order chi connectivity index (χ0) is 16.0. The van der Waals surface area contributed by atoms with Crippen LogP contribution in [-0.2, 0) is 9.53 Å². The fourth-order valence-corrected chi connectivity index (χ4v) is 1.69. The molecule has 1 rings (SSSR count). The minimum atomic E-state index is -0.549. The predicted molar refractivity (Wildman–Crippen MR) is 76.5 cm³/mol. The molecule has 0 N–H and O–H groups in total. The van der Waals surface area contributed by atoms with Crippen LogP contribution in [0.1, 0.15) is 19.4 Å². The molecule has 0 spiro atoms. The fraction of sp³-hybridized carbons (Fsp3) is 0.357. The maximum Gasteiger partial charge on any atom is 0.333 e. The van der Waals surface area contributed by atoms with E-state index in [4.69, 9.17) is 14.2 Å². The number of ether oxygens (including phenoxy) is 3. The van der Waals surface area contributed by atoms with Crippen LogP contribution in [0, 0.1) is 10.1 Å². The van der Waals surface area contributed by atoms with Gasteiger partial charge in [0.15, 0.2) is 11.5 Å². The van der Waals surface area contributed by atoms with Crippen LogP contribution in [0.2, 0.25) is 0 Å². The molecule has 7 heteroatoms. The standard InChI is InChI=1S/C14H17NO6/c1-5-21-14(16)9(2)6-10-7-12(19-3)13(20-4)8-11(10)15(17)18/h6-8H,5H2,1-4H3. The quantitative estimate of drug-likeness (QED) is 0.347. The first-order valence-electron chi connectivity index (χ1n) is 6.20. The Balaban J connectivity index is 3.36. The Labute approximate surface area is 122 Å². The summed E-state index contributed by atoms with van der Waals surface area (Å²) in [6.07, 6.45) is 1.39. The third-order valence-corrected chi connectivity index (χ3v) is 2.70. The van der Waals surface area contributed by atoms with Gasteiger partial charge in [0.1, 0.15) is 0 Å². The number of carbonyl (C=O) groups is 1. The summed E-state index contributed by atoms with van der Waals surface area (Å²) in [7, 11) is 2.82. The summed E-state index contributed by atoms with van der Waals surface area (Å²) in [5, 5.41) is 11.1. The first-order chi connectivity index (χ1) is 9.94. The van der Waals surface area contributed by atoms with Gasteiger partial charge >= 0.3 is 5.97 Å². The van der Waals surface area contributed by atoms with E-state index in [-0.39, 0.29) is 29.2 Å². The Hall–Kier alpha value is -2.57. The maximum absolute atomic E-state index is 11.6. The van der Waals surface area contributed by atoms with Gasteiger partial charge in [-0.3, -0.25) is 10.1 Å². The second kappa shape index (κ2) is 7.28. The predicted octanol–water partition coefficient (Wildman–Crippen LogP) is 2.58. The van der Waals surface area contributed by atoms with E-state index in [1.807, 2.05) is 0 Å². The molecule has 0 atom stereocenters. The highest BCUT2D eigenvalue weighted by atomic mass is 16.6. The normalized spacial score (nSPS) is 11.0. The average Bonchev–Trinajstić information content (AvgIpc) is 2.46. The van der Waals surface area contributed by atoms with Gasteiger partial charge < -0.3 is 14.2 Å². The number of rotatable bonds is 6. The molecule has 0 aliphatic heterocycles. The van der Waals surface area contributed by atoms with Crippen LogP contribution in [0.4, 0.5) is 5.69 Å². The van der Waals surface area contributed by atoms with Crippen molar-refractivity contribution in [2.75, 3.05) is 20.8 Å². The summed E-state index contributed by atoms with van der Waals surface area (Å²) < 4.78 is 15.0. The van der Waals surface area contributed by atoms with Crippen molar-refractivity contribution in [2.24, 2.45) is 0 Å². The molecule has 0 bridgehead atoms. The van der Waals surface area contributed by atoms with Crippen molar-refractivity contribution in [1.29, 1.82) is 0 Å². The van der Waals surface area contributed by atoms with E-state index in [9.17, 15) is 14.9 Å². The molecule has 114 valence electrons. The second-order valence-electron chi connectivity index (χ2n) is 4.07. The number of nitro benzene ring substituents is 1. The van der Waals surface area contributed by atoms with Gasteiger partial charge in [-0.2, -0.15) is 0 Å². The molecule has 0 aromatic heterocycles. The Bertz CT molecular complexity index is 579. The molecular weight excluding hydrogens is 278 g/mol. The van der Waals surface area contributed by atoms with Gasteiger partial charge in [0.2, 0.25) is 0 Å². The number of esters is 1. The van der Waals surface area contributed by atoms with E-state index in [1.165, 1.54) is 39.4 Å². The van der Waals surface area contributed by atoms with E-state index < -0.39 is 10.9 Å². The fourth-order valence-electron chi connectivity index (χ4n) is 1.69. The molecule has 0 amide bonds. The smallest absolute Gasteiger partial charge is 0.333 e. The summed E-state index contributed by atoms with van der Waals surface area (Å²) in [6.45, 7) is 3.44. The minimum Gasteiger partial charge on any atom is -0.493 e. The van der Waals surface area contributed by atoms with Gasteiger partial charge in [0, 0.05) is 5.57 Å². The highest BCUT2D eigenvalue weighted by Crippen LogP contribution is 2.35. The van der Waals surface area contributed by atoms with Gasteiger partial charge in [0.25, 0.3) is 5.69 Å². The van der Waals surface area contributed by atoms with Gasteiger partial charge in [-0.1, -0.05) is 0 Å². The number of benzene rings is 1. The minimum absolute atomic E-state index is 0.184. The third kappa shape index (κ3) is 3.95. The molecule has 21 heavy (non-hydrogen) atoms. The van der Waals surface area contributed by atoms with Gasteiger partial charge in [-0.25, -0.2) is 4.79 Å². The zero-order valence-electron chi connectivity index (χ0n) is 12.3. The molecule has 1 aromatic carbocycles. The molecule has 0 radical (unpaired) electrons. The highest BCUT2D eigenvalue weighted by molar-refractivity contribution is 5.93. The van der Waals surface area contributed by atoms with Gasteiger partial charge in [-0.15, -0.1) is 0 Å². The first-order valence-corrected chi connectivity index (χ1v) is 6.20. The van der Waals surface area contributed by atoms with Crippen molar-refractivity contribution in [3.8, 4) is 11.5 Å². The Morgan fingerprint density at radius 1 is 1.29 bits per heavy atom. The number of hydrogen-bond acceptors (Lipinski definition) is 6. The van der Waals surface area contributed by atoms with E-state index >= 15 is 0 Å². The lowest BCUT2D eigenvalue weighted by Gasteiger charge is -2.09. The zero-order valence-corrected chi connectivity index (χ0v) is 12.3. The molecule has 0 saturated heterocycles. The lowest BCUT2D eigenvalue weighted by Crippen LogP contribution is -2.05. The number of nitro groups is 1. The highest BCUT2D eigenvalue weighted by Gasteiger charge is 2.19. The van der Waals surface area contributed by atoms with Crippen LogP contribution in [0.25, 0.3) is 6.08 Å². The Morgan fingerprint density at radius 2 is 1.86 bits per heavy atom. The lowest BCUT2D eigenvalue weighted by molar-refractivity contribution is -0.385. The molecule has 7 nitrogen and oxygen atoms in total. The molecule has 0 heterocycles. The molecule has 0 fully saturated rings. The van der Waals surface area contributed by atoms with Crippen LogP contribution in [0.15, 0.2) is 17.7 Å². The van der Waals surface area contributed by atoms with Crippen LogP contribution in [0.3, 0.4) is 0 Å². The lowest BCUT2D eigenvalue weighted by atomic mass is 10.1. The number of carbonyl (C=O) groups excluding carboxylic acids is 1. The molecule has 1 aromatic rings. The summed E-state index contributed by atoms with van der Waals surface area (Å²) >= 11 is 0. The molecular formula is C14H17NO6. The number of nitrogens with zero attached hydrogens (tertiary/aromatic N) is 1. The van der Waals surface area contributed by atoms with Crippen LogP contribution in [-0.4, -0.2) is 31.7 Å². The largest absolute Gasteiger partial charge is 0.493 e. The monoisotopic (exact) mass is 295 g/mol. The molecule has 0 aliphatic rings. The summed E-state index contributed by atoms with van der Waals surface area (Å²) in [6, 6.07) is 2.70. The summed E-state index contributed by atoms with van der Waals surface area (Å²) in [5.41, 5.74) is 0.312. The third-order valence-electron chi connectivity index (χ3n) is 2.70. The van der Waals surface area contributed by atoms with Gasteiger partial charge in [0.05, 0.1) is 37.4 Å². The van der Waals surface area contributed by atoms with Crippen molar-refractivity contribution in [1.82, 2.24) is 0 Å². The average molecular weight is 295 g/mol. The molecule has 0 saturated carbocycles. The van der Waals surface area contributed by atoms with Crippen LogP contribution >= 0.6 is 0 Å². The number of hydrogen-bond donors (Lipinski definition) is 0. The maximum atomic E-state index is 11.6. The van der Waals surface area contributed by atoms with Gasteiger partial charge in [-0.05, 0) is 26.0 Å². The van der Waals surface area contributed by atoms with E-state index in [1.54, 1.807) is 6.92 Å². The summed E-state index contributed by atoms with van der Waals surface area (Å²) in [5.74, 6) is 0.0581. The topological polar surface area (TPSA) is 87.9 Å². The van der Waals surface area contributed by atoms with E-state index in [0.29, 0.717) is 5.75 Å².